The smallest absolute Gasteiger partial charge is 0.218 e. The topological polar surface area (TPSA) is 99.1 Å². The third kappa shape index (κ3) is 5.02. The Kier molecular flexibility index (Phi) is 6.87. The fraction of sp³-hybridized carbons (Fsp3) is 0.316. The minimum absolute atomic E-state index is 0.0138. The van der Waals surface area contributed by atoms with Gasteiger partial charge in [-0.05, 0) is 19.4 Å². The van der Waals surface area contributed by atoms with E-state index >= 15 is 4.39 Å². The van der Waals surface area contributed by atoms with Gasteiger partial charge in [0.25, 0.3) is 0 Å². The summed E-state index contributed by atoms with van der Waals surface area (Å²) >= 11 is 6.09. The fourth-order valence-corrected chi connectivity index (χ4v) is 3.12. The van der Waals surface area contributed by atoms with Crippen LogP contribution in [-0.2, 0) is 4.79 Å². The van der Waals surface area contributed by atoms with E-state index in [0.717, 1.165) is 12.4 Å². The number of pyridine rings is 1. The Balaban J connectivity index is 2.39. The maximum absolute atomic E-state index is 15.2. The van der Waals surface area contributed by atoms with Gasteiger partial charge in [-0.15, -0.1) is 0 Å². The van der Waals surface area contributed by atoms with Crippen LogP contribution in [0, 0.1) is 11.0 Å². The van der Waals surface area contributed by atoms with Crippen LogP contribution in [0.15, 0.2) is 36.7 Å². The van der Waals surface area contributed by atoms with Crippen molar-refractivity contribution < 1.29 is 18.7 Å². The third-order valence-electron chi connectivity index (χ3n) is 4.19. The van der Waals surface area contributed by atoms with Crippen LogP contribution >= 0.6 is 11.6 Å². The molecule has 0 saturated carbocycles. The highest BCUT2D eigenvalue weighted by atomic mass is 35.5. The first-order valence-corrected chi connectivity index (χ1v) is 8.88. The van der Waals surface area contributed by atoms with Gasteiger partial charge in [-0.2, -0.15) is 4.73 Å². The Labute approximate surface area is 161 Å². The third-order valence-corrected chi connectivity index (χ3v) is 4.50. The minimum Gasteiger partial charge on any atom is -0.619 e. The molecule has 0 spiro atoms. The molecule has 0 saturated heterocycles. The van der Waals surface area contributed by atoms with E-state index in [4.69, 9.17) is 17.3 Å². The van der Waals surface area contributed by atoms with Gasteiger partial charge >= 0.3 is 0 Å². The zero-order valence-electron chi connectivity index (χ0n) is 15.0. The molecule has 27 heavy (non-hydrogen) atoms. The van der Waals surface area contributed by atoms with Crippen molar-refractivity contribution in [3.63, 3.8) is 0 Å². The Morgan fingerprint density at radius 1 is 1.30 bits per heavy atom. The largest absolute Gasteiger partial charge is 0.619 e. The monoisotopic (exact) mass is 393 g/mol. The molecule has 2 rings (SSSR count). The van der Waals surface area contributed by atoms with Gasteiger partial charge in [0.1, 0.15) is 5.82 Å². The number of aromatic nitrogens is 1. The molecule has 0 radical (unpaired) electrons. The quantitative estimate of drug-likeness (QED) is 0.409. The van der Waals surface area contributed by atoms with E-state index in [2.05, 4.69) is 5.32 Å². The Bertz CT molecular complexity index is 843. The van der Waals surface area contributed by atoms with Crippen molar-refractivity contribution in [2.75, 3.05) is 0 Å². The van der Waals surface area contributed by atoms with Crippen molar-refractivity contribution in [1.82, 2.24) is 5.32 Å². The summed E-state index contributed by atoms with van der Waals surface area (Å²) in [6, 6.07) is 4.91. The van der Waals surface area contributed by atoms with Gasteiger partial charge in [-0.25, -0.2) is 4.39 Å². The van der Waals surface area contributed by atoms with Crippen LogP contribution in [0.3, 0.4) is 0 Å². The number of carbonyl (C=O) groups is 2. The summed E-state index contributed by atoms with van der Waals surface area (Å²) in [5.74, 6) is -1.80. The number of amides is 1. The molecular weight excluding hydrogens is 373 g/mol. The van der Waals surface area contributed by atoms with Gasteiger partial charge in [0.05, 0.1) is 10.6 Å². The molecule has 8 heteroatoms. The molecule has 3 N–H and O–H groups in total. The summed E-state index contributed by atoms with van der Waals surface area (Å²) < 4.78 is 15.7. The molecule has 2 atom stereocenters. The second-order valence-corrected chi connectivity index (χ2v) is 6.71. The molecule has 0 aliphatic carbocycles. The van der Waals surface area contributed by atoms with Crippen LogP contribution in [0.25, 0.3) is 0 Å². The molecule has 144 valence electrons. The van der Waals surface area contributed by atoms with Crippen LogP contribution in [0.1, 0.15) is 54.2 Å². The molecule has 0 fully saturated rings. The molecule has 1 heterocycles. The zero-order chi connectivity index (χ0) is 20.1. The molecule has 6 nitrogen and oxygen atoms in total. The maximum atomic E-state index is 15.2. The molecule has 0 aliphatic heterocycles. The first-order chi connectivity index (χ1) is 12.7. The summed E-state index contributed by atoms with van der Waals surface area (Å²) in [5.41, 5.74) is 5.38. The van der Waals surface area contributed by atoms with Crippen molar-refractivity contribution >= 4 is 23.3 Å². The Morgan fingerprint density at radius 3 is 2.48 bits per heavy atom. The van der Waals surface area contributed by atoms with Crippen LogP contribution in [0.2, 0.25) is 5.02 Å². The van der Waals surface area contributed by atoms with E-state index in [1.54, 1.807) is 6.92 Å². The number of nitrogens with one attached hydrogen (secondary N) is 1. The van der Waals surface area contributed by atoms with Gasteiger partial charge < -0.3 is 16.3 Å². The highest BCUT2D eigenvalue weighted by Gasteiger charge is 2.25. The number of nitrogens with two attached hydrogens (primary N) is 1. The van der Waals surface area contributed by atoms with E-state index in [9.17, 15) is 14.8 Å². The summed E-state index contributed by atoms with van der Waals surface area (Å²) in [5, 5.41) is 14.3. The number of hydrogen-bond acceptors (Lipinski definition) is 4. The average Bonchev–Trinajstić information content (AvgIpc) is 2.60. The van der Waals surface area contributed by atoms with E-state index in [1.807, 2.05) is 6.92 Å². The van der Waals surface area contributed by atoms with Crippen LogP contribution in [-0.4, -0.2) is 17.7 Å². The number of benzene rings is 1. The predicted molar refractivity (Wildman–Crippen MR) is 99.7 cm³/mol. The predicted octanol–water partition coefficient (Wildman–Crippen LogP) is 2.65. The van der Waals surface area contributed by atoms with Crippen LogP contribution < -0.4 is 15.8 Å². The lowest BCUT2D eigenvalue weighted by Gasteiger charge is -2.23. The van der Waals surface area contributed by atoms with E-state index in [-0.39, 0.29) is 34.2 Å². The van der Waals surface area contributed by atoms with Crippen molar-refractivity contribution in [1.29, 1.82) is 0 Å². The van der Waals surface area contributed by atoms with Gasteiger partial charge in [-0.3, -0.25) is 9.59 Å². The normalized spacial score (nSPS) is 13.2. The number of rotatable bonds is 8. The number of carbonyl (C=O) groups excluding carboxylic acids is 2. The van der Waals surface area contributed by atoms with Crippen molar-refractivity contribution in [3.8, 4) is 0 Å². The fourth-order valence-electron chi connectivity index (χ4n) is 2.89. The highest BCUT2D eigenvalue weighted by Crippen LogP contribution is 2.30. The summed E-state index contributed by atoms with van der Waals surface area (Å²) in [4.78, 5) is 23.8. The lowest BCUT2D eigenvalue weighted by atomic mass is 9.96. The lowest BCUT2D eigenvalue weighted by Crippen LogP contribution is -2.34. The van der Waals surface area contributed by atoms with Crippen LogP contribution in [0.5, 0.6) is 0 Å². The molecule has 0 unspecified atom stereocenters. The van der Waals surface area contributed by atoms with Gasteiger partial charge in [0.2, 0.25) is 5.91 Å². The standard InChI is InChI=1S/C19H21ClFN3O3/c1-3-15(23-11(2)10-16(22)25)13-4-5-14(20)17(18(13)21)19(26)12-6-8-24(27)9-7-12/h4-9,11,15,23H,3,10H2,1-2H3,(H2,22,25)/t11-,15+/m0/s1. The number of ketones is 1. The molecule has 0 bridgehead atoms. The lowest BCUT2D eigenvalue weighted by molar-refractivity contribution is -0.605. The summed E-state index contributed by atoms with van der Waals surface area (Å²) in [6.45, 7) is 3.63. The number of hydrogen-bond donors (Lipinski definition) is 2. The van der Waals surface area contributed by atoms with Crippen molar-refractivity contribution in [2.24, 2.45) is 5.73 Å². The molecule has 0 aliphatic rings. The Morgan fingerprint density at radius 2 is 1.93 bits per heavy atom. The first kappa shape index (κ1) is 20.8. The maximum Gasteiger partial charge on any atom is 0.218 e. The van der Waals surface area contributed by atoms with E-state index in [0.29, 0.717) is 11.2 Å². The molecule has 1 amide bonds. The molecule has 2 aromatic rings. The van der Waals surface area contributed by atoms with Gasteiger partial charge in [-0.1, -0.05) is 24.6 Å². The first-order valence-electron chi connectivity index (χ1n) is 8.50. The van der Waals surface area contributed by atoms with E-state index in [1.165, 1.54) is 24.3 Å². The zero-order valence-corrected chi connectivity index (χ0v) is 15.8. The second kappa shape index (κ2) is 8.92. The molecule has 1 aromatic carbocycles. The van der Waals surface area contributed by atoms with Crippen molar-refractivity contribution in [2.45, 2.75) is 38.8 Å². The average molecular weight is 394 g/mol. The number of halogens is 2. The minimum atomic E-state index is -0.725. The van der Waals surface area contributed by atoms with Crippen LogP contribution in [0.4, 0.5) is 4.39 Å². The second-order valence-electron chi connectivity index (χ2n) is 6.30. The molecule has 1 aromatic heterocycles. The van der Waals surface area contributed by atoms with Crippen molar-refractivity contribution in [3.05, 3.63) is 69.4 Å². The van der Waals surface area contributed by atoms with E-state index < -0.39 is 23.5 Å². The summed E-state index contributed by atoms with van der Waals surface area (Å²) in [6.07, 6.45) is 2.95. The Hall–Kier alpha value is -2.51. The SMILES string of the molecule is CC[C@@H](N[C@@H](C)CC(N)=O)c1ccc(Cl)c(C(=O)c2cc[n+]([O-])cc2)c1F. The highest BCUT2D eigenvalue weighted by molar-refractivity contribution is 6.35. The summed E-state index contributed by atoms with van der Waals surface area (Å²) in [7, 11) is 0. The number of nitrogens with zero attached hydrogens (tertiary/aromatic N) is 1. The molecular formula is C19H21ClFN3O3. The number of primary amides is 1. The van der Waals surface area contributed by atoms with Gasteiger partial charge in [0.15, 0.2) is 18.2 Å². The van der Waals surface area contributed by atoms with Gasteiger partial charge in [0, 0.05) is 41.8 Å².